The minimum Gasteiger partial charge on any atom is -0.508 e. The number of benzene rings is 4. The van der Waals surface area contributed by atoms with Crippen molar-refractivity contribution in [2.24, 2.45) is 0 Å². The second kappa shape index (κ2) is 8.57. The zero-order chi connectivity index (χ0) is 22.2. The second-order valence-electron chi connectivity index (χ2n) is 9.27. The number of aromatic hydroxyl groups is 1. The minimum atomic E-state index is 0.173. The van der Waals surface area contributed by atoms with Crippen molar-refractivity contribution in [3.8, 4) is 22.6 Å². The van der Waals surface area contributed by atoms with Gasteiger partial charge in [-0.25, -0.2) is 0 Å². The third-order valence-electron chi connectivity index (χ3n) is 7.23. The van der Waals surface area contributed by atoms with E-state index in [1.165, 1.54) is 65.6 Å². The summed E-state index contributed by atoms with van der Waals surface area (Å²) in [6.07, 6.45) is 3.99. The van der Waals surface area contributed by atoms with Gasteiger partial charge in [0.1, 0.15) is 18.1 Å². The van der Waals surface area contributed by atoms with Crippen LogP contribution in [0, 0.1) is 0 Å². The van der Waals surface area contributed by atoms with Crippen LogP contribution in [0.25, 0.3) is 21.9 Å². The summed E-state index contributed by atoms with van der Waals surface area (Å²) in [4.78, 5) is 2.51. The molecule has 33 heavy (non-hydrogen) atoms. The van der Waals surface area contributed by atoms with Crippen LogP contribution in [0.3, 0.4) is 0 Å². The molecule has 1 saturated heterocycles. The molecule has 4 aromatic carbocycles. The Bertz CT molecular complexity index is 1290. The third-order valence-corrected chi connectivity index (χ3v) is 7.23. The van der Waals surface area contributed by atoms with E-state index in [-0.39, 0.29) is 5.92 Å². The highest BCUT2D eigenvalue weighted by Gasteiger charge is 2.31. The SMILES string of the molecule is Oc1ccc2c3c(ccc2c1)-c1ccccc1C3c1ccc(OCCN2CCCCC2)cc1. The van der Waals surface area contributed by atoms with E-state index in [1.807, 2.05) is 6.07 Å². The predicted octanol–water partition coefficient (Wildman–Crippen LogP) is 6.57. The molecule has 0 bridgehead atoms. The van der Waals surface area contributed by atoms with Gasteiger partial charge in [0, 0.05) is 12.5 Å². The average Bonchev–Trinajstić information content (AvgIpc) is 3.20. The van der Waals surface area contributed by atoms with Gasteiger partial charge in [-0.05, 0) is 88.8 Å². The van der Waals surface area contributed by atoms with Crippen LogP contribution >= 0.6 is 0 Å². The van der Waals surface area contributed by atoms with Gasteiger partial charge >= 0.3 is 0 Å². The second-order valence-corrected chi connectivity index (χ2v) is 9.27. The van der Waals surface area contributed by atoms with Gasteiger partial charge < -0.3 is 9.84 Å². The topological polar surface area (TPSA) is 32.7 Å². The summed E-state index contributed by atoms with van der Waals surface area (Å²) >= 11 is 0. The molecule has 1 heterocycles. The number of phenols is 1. The molecule has 6 rings (SSSR count). The number of ether oxygens (including phenoxy) is 1. The first-order valence-corrected chi connectivity index (χ1v) is 12.1. The van der Waals surface area contributed by atoms with Crippen LogP contribution < -0.4 is 4.74 Å². The Balaban J connectivity index is 1.31. The summed E-state index contributed by atoms with van der Waals surface area (Å²) in [6, 6.07) is 27.4. The van der Waals surface area contributed by atoms with Crippen molar-refractivity contribution in [3.63, 3.8) is 0 Å². The molecule has 4 aromatic rings. The van der Waals surface area contributed by atoms with E-state index in [1.54, 1.807) is 6.07 Å². The summed E-state index contributed by atoms with van der Waals surface area (Å²) in [5, 5.41) is 12.3. The van der Waals surface area contributed by atoms with Crippen molar-refractivity contribution in [2.75, 3.05) is 26.2 Å². The Hall–Kier alpha value is -3.30. The molecule has 1 fully saturated rings. The first-order valence-electron chi connectivity index (χ1n) is 12.1. The third kappa shape index (κ3) is 3.77. The quantitative estimate of drug-likeness (QED) is 0.339. The van der Waals surface area contributed by atoms with Crippen molar-refractivity contribution >= 4 is 10.8 Å². The molecule has 0 radical (unpaired) electrons. The highest BCUT2D eigenvalue weighted by Crippen LogP contribution is 2.50. The van der Waals surface area contributed by atoms with E-state index in [9.17, 15) is 5.11 Å². The van der Waals surface area contributed by atoms with Crippen molar-refractivity contribution in [3.05, 3.63) is 95.6 Å². The van der Waals surface area contributed by atoms with Gasteiger partial charge in [-0.15, -0.1) is 0 Å². The lowest BCUT2D eigenvalue weighted by Crippen LogP contribution is -2.33. The number of hydrogen-bond donors (Lipinski definition) is 1. The number of likely N-dealkylation sites (tertiary alicyclic amines) is 1. The zero-order valence-corrected chi connectivity index (χ0v) is 18.8. The molecule has 3 nitrogen and oxygen atoms in total. The average molecular weight is 436 g/mol. The minimum absolute atomic E-state index is 0.173. The van der Waals surface area contributed by atoms with Crippen LogP contribution in [0.2, 0.25) is 0 Å². The fourth-order valence-corrected chi connectivity index (χ4v) is 5.61. The highest BCUT2D eigenvalue weighted by atomic mass is 16.5. The van der Waals surface area contributed by atoms with E-state index < -0.39 is 0 Å². The molecule has 3 heteroatoms. The number of phenolic OH excluding ortho intramolecular Hbond substituents is 1. The molecule has 2 aliphatic rings. The summed E-state index contributed by atoms with van der Waals surface area (Å²) in [5.41, 5.74) is 6.52. The Labute approximate surface area is 195 Å². The first-order chi connectivity index (χ1) is 16.3. The molecule has 1 unspecified atom stereocenters. The van der Waals surface area contributed by atoms with Gasteiger partial charge in [0.05, 0.1) is 0 Å². The van der Waals surface area contributed by atoms with Gasteiger partial charge in [-0.2, -0.15) is 0 Å². The van der Waals surface area contributed by atoms with E-state index >= 15 is 0 Å². The van der Waals surface area contributed by atoms with Crippen molar-refractivity contribution in [2.45, 2.75) is 25.2 Å². The lowest BCUT2D eigenvalue weighted by Gasteiger charge is -2.26. The number of nitrogens with zero attached hydrogens (tertiary/aromatic N) is 1. The molecular weight excluding hydrogens is 406 g/mol. The Morgan fingerprint density at radius 3 is 2.48 bits per heavy atom. The summed E-state index contributed by atoms with van der Waals surface area (Å²) < 4.78 is 6.08. The zero-order valence-electron chi connectivity index (χ0n) is 18.8. The monoisotopic (exact) mass is 435 g/mol. The van der Waals surface area contributed by atoms with Crippen LogP contribution in [0.5, 0.6) is 11.5 Å². The Morgan fingerprint density at radius 2 is 1.64 bits per heavy atom. The van der Waals surface area contributed by atoms with Gasteiger partial charge in [0.15, 0.2) is 0 Å². The maximum Gasteiger partial charge on any atom is 0.119 e. The van der Waals surface area contributed by atoms with Crippen LogP contribution in [0.1, 0.15) is 41.9 Å². The van der Waals surface area contributed by atoms with Crippen LogP contribution in [0.15, 0.2) is 78.9 Å². The van der Waals surface area contributed by atoms with Crippen LogP contribution in [0.4, 0.5) is 0 Å². The van der Waals surface area contributed by atoms with Gasteiger partial charge in [0.25, 0.3) is 0 Å². The highest BCUT2D eigenvalue weighted by molar-refractivity contribution is 5.97. The lowest BCUT2D eigenvalue weighted by molar-refractivity contribution is 0.183. The molecule has 0 amide bonds. The maximum atomic E-state index is 10.0. The smallest absolute Gasteiger partial charge is 0.119 e. The molecule has 1 atom stereocenters. The number of rotatable bonds is 5. The fraction of sp³-hybridized carbons (Fsp3) is 0.267. The molecule has 1 N–H and O–H groups in total. The van der Waals surface area contributed by atoms with Crippen molar-refractivity contribution in [1.29, 1.82) is 0 Å². The molecule has 1 aliphatic carbocycles. The molecule has 0 spiro atoms. The summed E-state index contributed by atoms with van der Waals surface area (Å²) in [7, 11) is 0. The summed E-state index contributed by atoms with van der Waals surface area (Å²) in [6.45, 7) is 4.15. The van der Waals surface area contributed by atoms with Crippen LogP contribution in [-0.4, -0.2) is 36.2 Å². The van der Waals surface area contributed by atoms with Gasteiger partial charge in [-0.1, -0.05) is 61.0 Å². The number of hydrogen-bond acceptors (Lipinski definition) is 3. The van der Waals surface area contributed by atoms with E-state index in [0.717, 1.165) is 24.3 Å². The Kier molecular flexibility index (Phi) is 5.27. The van der Waals surface area contributed by atoms with E-state index in [4.69, 9.17) is 4.74 Å². The maximum absolute atomic E-state index is 10.0. The molecular formula is C30H29NO2. The molecule has 0 aromatic heterocycles. The molecule has 166 valence electrons. The largest absolute Gasteiger partial charge is 0.508 e. The normalized spacial score (nSPS) is 17.6. The number of piperidine rings is 1. The van der Waals surface area contributed by atoms with Gasteiger partial charge in [-0.3, -0.25) is 4.90 Å². The standard InChI is InChI=1S/C30H29NO2/c32-23-11-15-25-22(20-23)10-14-28-26-6-2-3-7-27(26)29(30(25)28)21-8-12-24(13-9-21)33-19-18-31-16-4-1-5-17-31/h2-3,6-15,20,29,32H,1,4-5,16-19H2. The number of fused-ring (bicyclic) bond motifs is 5. The van der Waals surface area contributed by atoms with E-state index in [2.05, 4.69) is 71.6 Å². The predicted molar refractivity (Wildman–Crippen MR) is 134 cm³/mol. The van der Waals surface area contributed by atoms with E-state index in [0.29, 0.717) is 5.75 Å². The van der Waals surface area contributed by atoms with Crippen molar-refractivity contribution < 1.29 is 9.84 Å². The van der Waals surface area contributed by atoms with Crippen molar-refractivity contribution in [1.82, 2.24) is 4.90 Å². The Morgan fingerprint density at radius 1 is 0.818 bits per heavy atom. The molecule has 1 aliphatic heterocycles. The lowest BCUT2D eigenvalue weighted by atomic mass is 9.86. The fourth-order valence-electron chi connectivity index (χ4n) is 5.61. The van der Waals surface area contributed by atoms with Crippen LogP contribution in [-0.2, 0) is 0 Å². The first kappa shape index (κ1) is 20.3. The van der Waals surface area contributed by atoms with Gasteiger partial charge in [0.2, 0.25) is 0 Å². The molecule has 0 saturated carbocycles. The summed E-state index contributed by atoms with van der Waals surface area (Å²) in [5.74, 6) is 1.41.